The minimum Gasteiger partial charge on any atom is -0.394 e. The van der Waals surface area contributed by atoms with Crippen LogP contribution in [0.3, 0.4) is 0 Å². The van der Waals surface area contributed by atoms with E-state index < -0.39 is 39.1 Å². The molecule has 31 heavy (non-hydrogen) atoms. The average molecular weight is 471 g/mol. The van der Waals surface area contributed by atoms with Gasteiger partial charge in [0.1, 0.15) is 17.0 Å². The zero-order valence-corrected chi connectivity index (χ0v) is 18.0. The highest BCUT2D eigenvalue weighted by atomic mass is 32.2. The number of aryl methyl sites for hydroxylation is 1. The summed E-state index contributed by atoms with van der Waals surface area (Å²) in [6.07, 6.45) is -0.757. The number of aliphatic hydroxyl groups excluding tert-OH is 2. The number of benzene rings is 2. The van der Waals surface area contributed by atoms with E-state index in [1.54, 1.807) is 13.0 Å². The molecule has 0 bridgehead atoms. The first-order valence-electron chi connectivity index (χ1n) is 9.45. The molecular weight excluding hydrogens is 450 g/mol. The van der Waals surface area contributed by atoms with Gasteiger partial charge in [-0.15, -0.1) is 5.10 Å². The summed E-state index contributed by atoms with van der Waals surface area (Å²) in [5.74, 6) is -1.50. The van der Waals surface area contributed by atoms with Gasteiger partial charge in [-0.25, -0.2) is 17.2 Å². The third-order valence-electron chi connectivity index (χ3n) is 5.31. The maximum atomic E-state index is 15.2. The minimum atomic E-state index is -4.06. The van der Waals surface area contributed by atoms with Crippen molar-refractivity contribution in [3.63, 3.8) is 0 Å². The van der Waals surface area contributed by atoms with Crippen LogP contribution >= 0.6 is 11.5 Å². The van der Waals surface area contributed by atoms with Crippen molar-refractivity contribution in [1.82, 2.24) is 9.59 Å². The van der Waals surface area contributed by atoms with E-state index in [0.29, 0.717) is 23.1 Å². The Balaban J connectivity index is 1.76. The van der Waals surface area contributed by atoms with Gasteiger partial charge in [-0.05, 0) is 61.5 Å². The van der Waals surface area contributed by atoms with Crippen LogP contribution in [0.4, 0.5) is 25.8 Å². The van der Waals surface area contributed by atoms with Gasteiger partial charge in [-0.1, -0.05) is 10.6 Å². The van der Waals surface area contributed by atoms with Gasteiger partial charge in [0.25, 0.3) is 0 Å². The first kappa shape index (κ1) is 21.8. The van der Waals surface area contributed by atoms with Crippen molar-refractivity contribution in [3.05, 3.63) is 41.5 Å². The molecule has 1 saturated carbocycles. The lowest BCUT2D eigenvalue weighted by Gasteiger charge is -2.22. The van der Waals surface area contributed by atoms with Gasteiger partial charge in [0.15, 0.2) is 5.82 Å². The first-order chi connectivity index (χ1) is 14.7. The monoisotopic (exact) mass is 470 g/mol. The predicted octanol–water partition coefficient (Wildman–Crippen LogP) is 3.04. The lowest BCUT2D eigenvalue weighted by molar-refractivity contribution is 0.0858. The van der Waals surface area contributed by atoms with Crippen LogP contribution in [-0.2, 0) is 10.0 Å². The fourth-order valence-electron chi connectivity index (χ4n) is 3.41. The molecule has 0 radical (unpaired) electrons. The molecule has 1 heterocycles. The van der Waals surface area contributed by atoms with Crippen LogP contribution in [0.15, 0.2) is 24.3 Å². The van der Waals surface area contributed by atoms with Gasteiger partial charge in [0.05, 0.1) is 33.5 Å². The topological polar surface area (TPSA) is 124 Å². The van der Waals surface area contributed by atoms with Crippen molar-refractivity contribution in [2.45, 2.75) is 37.0 Å². The standard InChI is InChI=1S/C19H20F2N4O4S2/c1-10-2-3-13(12(20)6-10)22-17-14(7-15-18(16(17)21)23-25-30-15)24-31(28,29)19(4-5-19)8-11(27)9-26/h2-3,6-7,11,22,24,26-27H,4-5,8-9H2,1H3. The number of hydrogen-bond donors (Lipinski definition) is 4. The summed E-state index contributed by atoms with van der Waals surface area (Å²) in [5.41, 5.74) is 0.150. The molecule has 1 unspecified atom stereocenters. The number of anilines is 3. The second-order valence-corrected chi connectivity index (χ2v) is 10.5. The molecule has 8 nitrogen and oxygen atoms in total. The van der Waals surface area contributed by atoms with Gasteiger partial charge in [0.2, 0.25) is 10.0 Å². The predicted molar refractivity (Wildman–Crippen MR) is 114 cm³/mol. The number of rotatable bonds is 8. The van der Waals surface area contributed by atoms with Crippen LogP contribution in [0, 0.1) is 18.6 Å². The summed E-state index contributed by atoms with van der Waals surface area (Å²) in [7, 11) is -4.06. The van der Waals surface area contributed by atoms with E-state index in [1.807, 2.05) is 0 Å². The Bertz CT molecular complexity index is 1250. The number of nitrogens with zero attached hydrogens (tertiary/aromatic N) is 2. The van der Waals surface area contributed by atoms with E-state index in [0.717, 1.165) is 11.5 Å². The van der Waals surface area contributed by atoms with Crippen LogP contribution in [-0.4, -0.2) is 45.7 Å². The molecule has 1 atom stereocenters. The molecule has 2 aromatic carbocycles. The van der Waals surface area contributed by atoms with Crippen LogP contribution in [0.2, 0.25) is 0 Å². The molecule has 1 aliphatic carbocycles. The third-order valence-corrected chi connectivity index (χ3v) is 8.19. The fraction of sp³-hybridized carbons (Fsp3) is 0.368. The summed E-state index contributed by atoms with van der Waals surface area (Å²) < 4.78 is 60.9. The van der Waals surface area contributed by atoms with Gasteiger partial charge in [-0.2, -0.15) is 0 Å². The fourth-order valence-corrected chi connectivity index (χ4v) is 5.73. The summed E-state index contributed by atoms with van der Waals surface area (Å²) in [6, 6.07) is 5.70. The van der Waals surface area contributed by atoms with Crippen molar-refractivity contribution in [1.29, 1.82) is 0 Å². The highest BCUT2D eigenvalue weighted by molar-refractivity contribution is 7.94. The molecule has 166 valence electrons. The summed E-state index contributed by atoms with van der Waals surface area (Å²) in [5, 5.41) is 25.2. The smallest absolute Gasteiger partial charge is 0.238 e. The molecule has 1 aromatic heterocycles. The highest BCUT2D eigenvalue weighted by Crippen LogP contribution is 2.49. The number of aliphatic hydroxyl groups is 2. The van der Waals surface area contributed by atoms with Crippen molar-refractivity contribution in [3.8, 4) is 0 Å². The van der Waals surface area contributed by atoms with Gasteiger partial charge in [-0.3, -0.25) is 4.72 Å². The second kappa shape index (κ2) is 7.93. The Morgan fingerprint density at radius 1 is 1.26 bits per heavy atom. The van der Waals surface area contributed by atoms with Crippen LogP contribution in [0.5, 0.6) is 0 Å². The Hall–Kier alpha value is -2.41. The van der Waals surface area contributed by atoms with E-state index in [2.05, 4.69) is 19.6 Å². The van der Waals surface area contributed by atoms with Gasteiger partial charge >= 0.3 is 0 Å². The lowest BCUT2D eigenvalue weighted by atomic mass is 10.2. The van der Waals surface area contributed by atoms with Crippen molar-refractivity contribution in [2.75, 3.05) is 16.6 Å². The SMILES string of the molecule is Cc1ccc(Nc2c(NS(=O)(=O)C3(CC(O)CO)CC3)cc3snnc3c2F)c(F)c1. The Kier molecular flexibility index (Phi) is 5.58. The van der Waals surface area contributed by atoms with E-state index >= 15 is 4.39 Å². The second-order valence-electron chi connectivity index (χ2n) is 7.67. The van der Waals surface area contributed by atoms with Crippen molar-refractivity contribution >= 4 is 48.8 Å². The molecule has 0 amide bonds. The molecule has 0 aliphatic heterocycles. The van der Waals surface area contributed by atoms with Crippen molar-refractivity contribution in [2.24, 2.45) is 0 Å². The molecule has 12 heteroatoms. The third kappa shape index (κ3) is 4.07. The average Bonchev–Trinajstić information content (AvgIpc) is 3.35. The van der Waals surface area contributed by atoms with E-state index in [4.69, 9.17) is 5.11 Å². The molecule has 1 fully saturated rings. The molecule has 3 aromatic rings. The maximum Gasteiger partial charge on any atom is 0.238 e. The Morgan fingerprint density at radius 2 is 2.00 bits per heavy atom. The molecule has 1 aliphatic rings. The number of nitrogens with one attached hydrogen (secondary N) is 2. The Labute approximate surface area is 181 Å². The Morgan fingerprint density at radius 3 is 2.65 bits per heavy atom. The summed E-state index contributed by atoms with van der Waals surface area (Å²) in [4.78, 5) is 0. The zero-order chi connectivity index (χ0) is 22.4. The number of fused-ring (bicyclic) bond motifs is 1. The lowest BCUT2D eigenvalue weighted by Crippen LogP contribution is -2.34. The maximum absolute atomic E-state index is 15.2. The normalized spacial score (nSPS) is 16.3. The number of halogens is 2. The number of hydrogen-bond acceptors (Lipinski definition) is 8. The van der Waals surface area contributed by atoms with Crippen molar-refractivity contribution < 1.29 is 27.4 Å². The quantitative estimate of drug-likeness (QED) is 0.399. The summed E-state index contributed by atoms with van der Waals surface area (Å²) in [6.45, 7) is 1.14. The molecule has 0 saturated heterocycles. The molecule has 4 N–H and O–H groups in total. The number of aromatic nitrogens is 2. The van der Waals surface area contributed by atoms with E-state index in [-0.39, 0.29) is 29.0 Å². The van der Waals surface area contributed by atoms with Gasteiger partial charge in [0, 0.05) is 0 Å². The van der Waals surface area contributed by atoms with Crippen LogP contribution in [0.25, 0.3) is 10.2 Å². The van der Waals surface area contributed by atoms with E-state index in [1.165, 1.54) is 18.2 Å². The van der Waals surface area contributed by atoms with E-state index in [9.17, 15) is 17.9 Å². The van der Waals surface area contributed by atoms with Gasteiger partial charge < -0.3 is 15.5 Å². The minimum absolute atomic E-state index is 0.0377. The largest absolute Gasteiger partial charge is 0.394 e. The van der Waals surface area contributed by atoms with Crippen LogP contribution < -0.4 is 10.0 Å². The summed E-state index contributed by atoms with van der Waals surface area (Å²) >= 11 is 0.888. The number of sulfonamides is 1. The molecular formula is C19H20F2N4O4S2. The molecule has 4 rings (SSSR count). The first-order valence-corrected chi connectivity index (χ1v) is 11.7. The zero-order valence-electron chi connectivity index (χ0n) is 16.4. The highest BCUT2D eigenvalue weighted by Gasteiger charge is 2.55. The molecule has 0 spiro atoms. The van der Waals surface area contributed by atoms with Crippen LogP contribution in [0.1, 0.15) is 24.8 Å².